The van der Waals surface area contributed by atoms with Crippen LogP contribution in [0.15, 0.2) is 18.2 Å². The number of fused-ring (bicyclic) bond motifs is 1. The molecule has 0 spiro atoms. The zero-order chi connectivity index (χ0) is 20.8. The molecule has 0 aliphatic carbocycles. The van der Waals surface area contributed by atoms with Crippen molar-refractivity contribution in [2.75, 3.05) is 25.5 Å². The predicted molar refractivity (Wildman–Crippen MR) is 105 cm³/mol. The number of carbonyl (C=O) groups is 1. The largest absolute Gasteiger partial charge is 0.433 e. The Morgan fingerprint density at radius 1 is 1.34 bits per heavy atom. The minimum atomic E-state index is -4.47. The van der Waals surface area contributed by atoms with E-state index in [0.29, 0.717) is 34.3 Å². The van der Waals surface area contributed by atoms with Gasteiger partial charge in [0, 0.05) is 31.7 Å². The van der Waals surface area contributed by atoms with Crippen molar-refractivity contribution in [3.8, 4) is 0 Å². The summed E-state index contributed by atoms with van der Waals surface area (Å²) in [6.07, 6.45) is -2.80. The van der Waals surface area contributed by atoms with Crippen LogP contribution >= 0.6 is 11.3 Å². The number of hydrogen-bond acceptors (Lipinski definition) is 5. The van der Waals surface area contributed by atoms with Crippen LogP contribution in [0.3, 0.4) is 0 Å². The molecule has 1 saturated heterocycles. The number of aryl methyl sites for hydroxylation is 1. The van der Waals surface area contributed by atoms with Crippen molar-refractivity contribution in [3.63, 3.8) is 0 Å². The van der Waals surface area contributed by atoms with Gasteiger partial charge in [-0.05, 0) is 38.0 Å². The number of nitrogens with one attached hydrogen (secondary N) is 2. The van der Waals surface area contributed by atoms with E-state index in [1.54, 1.807) is 18.0 Å². The number of rotatable bonds is 3. The van der Waals surface area contributed by atoms with Gasteiger partial charge in [0.15, 0.2) is 5.13 Å². The Bertz CT molecular complexity index is 1060. The summed E-state index contributed by atoms with van der Waals surface area (Å²) in [5.41, 5.74) is 1.45. The van der Waals surface area contributed by atoms with Gasteiger partial charge in [0.2, 0.25) is 0 Å². The number of piperidine rings is 1. The van der Waals surface area contributed by atoms with Crippen molar-refractivity contribution in [2.24, 2.45) is 0 Å². The third-order valence-corrected chi connectivity index (χ3v) is 6.30. The molecule has 0 radical (unpaired) electrons. The lowest BCUT2D eigenvalue weighted by molar-refractivity contribution is -0.140. The zero-order valence-corrected chi connectivity index (χ0v) is 16.7. The van der Waals surface area contributed by atoms with E-state index in [1.165, 1.54) is 17.4 Å². The second kappa shape index (κ2) is 7.33. The van der Waals surface area contributed by atoms with Gasteiger partial charge < -0.3 is 15.2 Å². The molecule has 154 valence electrons. The molecule has 3 aromatic heterocycles. The minimum absolute atomic E-state index is 0.0215. The molecule has 3 aromatic rings. The second-order valence-corrected chi connectivity index (χ2v) is 8.12. The van der Waals surface area contributed by atoms with Gasteiger partial charge in [0.1, 0.15) is 10.6 Å². The Morgan fingerprint density at radius 2 is 2.14 bits per heavy atom. The van der Waals surface area contributed by atoms with Gasteiger partial charge in [-0.15, -0.1) is 0 Å². The van der Waals surface area contributed by atoms with E-state index in [-0.39, 0.29) is 17.3 Å². The Labute approximate surface area is 169 Å². The predicted octanol–water partition coefficient (Wildman–Crippen LogP) is 4.41. The van der Waals surface area contributed by atoms with E-state index in [4.69, 9.17) is 0 Å². The van der Waals surface area contributed by atoms with E-state index < -0.39 is 11.9 Å². The van der Waals surface area contributed by atoms with Crippen molar-refractivity contribution in [3.05, 3.63) is 40.2 Å². The van der Waals surface area contributed by atoms with Crippen LogP contribution in [0.5, 0.6) is 0 Å². The van der Waals surface area contributed by atoms with Crippen LogP contribution in [0.4, 0.5) is 18.3 Å². The first-order chi connectivity index (χ1) is 13.8. The lowest BCUT2D eigenvalue weighted by Crippen LogP contribution is -2.39. The van der Waals surface area contributed by atoms with Crippen LogP contribution in [0.2, 0.25) is 0 Å². The number of anilines is 1. The average Bonchev–Trinajstić information content (AvgIpc) is 3.29. The molecular formula is C19H20F3N5OS. The number of amides is 1. The second-order valence-electron chi connectivity index (χ2n) is 7.13. The summed E-state index contributed by atoms with van der Waals surface area (Å²) in [7, 11) is 1.76. The zero-order valence-electron chi connectivity index (χ0n) is 15.9. The summed E-state index contributed by atoms with van der Waals surface area (Å²) >= 11 is 1.33. The highest BCUT2D eigenvalue weighted by molar-refractivity contribution is 7.17. The molecule has 0 unspecified atom stereocenters. The molecule has 6 nitrogen and oxygen atoms in total. The lowest BCUT2D eigenvalue weighted by atomic mass is 9.94. The molecule has 29 heavy (non-hydrogen) atoms. The van der Waals surface area contributed by atoms with Crippen LogP contribution in [-0.2, 0) is 6.18 Å². The Hall–Kier alpha value is -2.62. The molecule has 10 heteroatoms. The quantitative estimate of drug-likeness (QED) is 0.655. The van der Waals surface area contributed by atoms with Gasteiger partial charge in [-0.2, -0.15) is 13.2 Å². The topological polar surface area (TPSA) is 73.9 Å². The minimum Gasteiger partial charge on any atom is -0.365 e. The van der Waals surface area contributed by atoms with Crippen molar-refractivity contribution in [1.82, 2.24) is 19.9 Å². The molecule has 4 rings (SSSR count). The van der Waals surface area contributed by atoms with Crippen LogP contribution in [0.25, 0.3) is 11.0 Å². The van der Waals surface area contributed by atoms with Crippen molar-refractivity contribution in [2.45, 2.75) is 31.9 Å². The summed E-state index contributed by atoms with van der Waals surface area (Å²) in [4.78, 5) is 26.6. The first kappa shape index (κ1) is 19.7. The van der Waals surface area contributed by atoms with Crippen LogP contribution in [0, 0.1) is 6.92 Å². The number of nitrogens with zero attached hydrogens (tertiary/aromatic N) is 3. The summed E-state index contributed by atoms with van der Waals surface area (Å²) in [6, 6.07) is 4.05. The number of carbonyl (C=O) groups excluding carboxylic acids is 1. The number of hydrogen-bond donors (Lipinski definition) is 2. The lowest BCUT2D eigenvalue weighted by Gasteiger charge is -2.32. The van der Waals surface area contributed by atoms with E-state index in [0.717, 1.165) is 24.6 Å². The van der Waals surface area contributed by atoms with E-state index in [9.17, 15) is 18.0 Å². The Morgan fingerprint density at radius 3 is 2.83 bits per heavy atom. The molecular weight excluding hydrogens is 403 g/mol. The molecule has 0 saturated carbocycles. The normalized spacial score (nSPS) is 17.7. The van der Waals surface area contributed by atoms with Crippen LogP contribution in [-0.4, -0.2) is 45.9 Å². The molecule has 1 aliphatic heterocycles. The fraction of sp³-hybridized carbons (Fsp3) is 0.421. The fourth-order valence-electron chi connectivity index (χ4n) is 3.67. The molecule has 0 aromatic carbocycles. The highest BCUT2D eigenvalue weighted by Crippen LogP contribution is 2.33. The maximum Gasteiger partial charge on any atom is 0.433 e. The third kappa shape index (κ3) is 3.81. The maximum atomic E-state index is 13.0. The summed E-state index contributed by atoms with van der Waals surface area (Å²) in [5, 5.41) is 3.65. The summed E-state index contributed by atoms with van der Waals surface area (Å²) in [6.45, 7) is 2.97. The molecule has 1 amide bonds. The van der Waals surface area contributed by atoms with Crippen molar-refractivity contribution >= 4 is 33.4 Å². The summed E-state index contributed by atoms with van der Waals surface area (Å²) in [5.74, 6) is -0.0342. The monoisotopic (exact) mass is 423 g/mol. The standard InChI is InChI=1S/C19H20F3N5OS/c1-10-16(29-18(23-2)24-10)17(28)27-7-3-4-11(9-27)13-8-14-12(25-13)5-6-15(26-14)19(20,21)22/h5-6,8,11,25H,3-4,7,9H2,1-2H3,(H,23,24)/t11-/m1/s1. The number of aromatic nitrogens is 3. The van der Waals surface area contributed by atoms with Gasteiger partial charge in [0.05, 0.1) is 16.7 Å². The van der Waals surface area contributed by atoms with Gasteiger partial charge in [-0.3, -0.25) is 4.79 Å². The summed E-state index contributed by atoms with van der Waals surface area (Å²) < 4.78 is 38.7. The van der Waals surface area contributed by atoms with Crippen LogP contribution < -0.4 is 5.32 Å². The van der Waals surface area contributed by atoms with Gasteiger partial charge >= 0.3 is 6.18 Å². The number of likely N-dealkylation sites (tertiary alicyclic amines) is 1. The Balaban J connectivity index is 1.56. The van der Waals surface area contributed by atoms with E-state index >= 15 is 0 Å². The Kier molecular flexibility index (Phi) is 4.97. The first-order valence-electron chi connectivity index (χ1n) is 9.27. The molecule has 1 fully saturated rings. The first-order valence-corrected chi connectivity index (χ1v) is 10.1. The van der Waals surface area contributed by atoms with E-state index in [1.807, 2.05) is 6.92 Å². The van der Waals surface area contributed by atoms with Crippen LogP contribution in [0.1, 0.15) is 45.5 Å². The highest BCUT2D eigenvalue weighted by atomic mass is 32.1. The van der Waals surface area contributed by atoms with E-state index in [2.05, 4.69) is 20.3 Å². The fourth-order valence-corrected chi connectivity index (χ4v) is 4.56. The van der Waals surface area contributed by atoms with Crippen molar-refractivity contribution in [1.29, 1.82) is 0 Å². The molecule has 1 atom stereocenters. The SMILES string of the molecule is CNc1nc(C)c(C(=O)N2CCC[C@@H](c3cc4nc(C(F)(F)F)ccc4[nH]3)C2)s1. The molecule has 1 aliphatic rings. The number of pyridine rings is 1. The number of aromatic amines is 1. The maximum absolute atomic E-state index is 13.0. The number of H-pyrrole nitrogens is 1. The van der Waals surface area contributed by atoms with Crippen molar-refractivity contribution < 1.29 is 18.0 Å². The molecule has 4 heterocycles. The number of thiazole rings is 1. The highest BCUT2D eigenvalue weighted by Gasteiger charge is 2.33. The number of halogens is 3. The van der Waals surface area contributed by atoms with Gasteiger partial charge in [-0.1, -0.05) is 11.3 Å². The van der Waals surface area contributed by atoms with Gasteiger partial charge in [0.25, 0.3) is 5.91 Å². The van der Waals surface area contributed by atoms with Gasteiger partial charge in [-0.25, -0.2) is 9.97 Å². The molecule has 2 N–H and O–H groups in total. The molecule has 0 bridgehead atoms. The average molecular weight is 423 g/mol. The smallest absolute Gasteiger partial charge is 0.365 e. The number of alkyl halides is 3. The third-order valence-electron chi connectivity index (χ3n) is 5.14.